The molecule has 0 radical (unpaired) electrons. The normalized spacial score (nSPS) is 21.5. The highest BCUT2D eigenvalue weighted by atomic mass is 32.2. The van der Waals surface area contributed by atoms with Gasteiger partial charge in [0.25, 0.3) is 0 Å². The minimum atomic E-state index is -1.17. The van der Waals surface area contributed by atoms with Crippen LogP contribution in [0.15, 0.2) is 30.3 Å². The highest BCUT2D eigenvalue weighted by Crippen LogP contribution is 2.33. The van der Waals surface area contributed by atoms with E-state index in [0.717, 1.165) is 11.3 Å². The van der Waals surface area contributed by atoms with Gasteiger partial charge < -0.3 is 21.1 Å². The average Bonchev–Trinajstić information content (AvgIpc) is 2.87. The number of benzene rings is 1. The van der Waals surface area contributed by atoms with Crippen LogP contribution in [0.3, 0.4) is 0 Å². The molecule has 1 aliphatic heterocycles. The van der Waals surface area contributed by atoms with Crippen LogP contribution in [0.2, 0.25) is 0 Å². The maximum Gasteiger partial charge on any atom is 0.249 e. The molecule has 3 amide bonds. The Balaban J connectivity index is 2.16. The molecule has 4 atom stereocenters. The lowest BCUT2D eigenvalue weighted by atomic mass is 9.99. The van der Waals surface area contributed by atoms with E-state index in [1.807, 2.05) is 58.0 Å². The number of aliphatic hydroxyl groups is 1. The van der Waals surface area contributed by atoms with Crippen LogP contribution < -0.4 is 16.0 Å². The van der Waals surface area contributed by atoms with E-state index in [1.54, 1.807) is 11.8 Å². The van der Waals surface area contributed by atoms with Crippen molar-refractivity contribution in [2.24, 2.45) is 11.8 Å². The lowest BCUT2D eigenvalue weighted by Crippen LogP contribution is -2.57. The molecule has 0 bridgehead atoms. The minimum absolute atomic E-state index is 0.149. The second kappa shape index (κ2) is 11.4. The summed E-state index contributed by atoms with van der Waals surface area (Å²) >= 11 is 1.61. The Morgan fingerprint density at radius 1 is 1.17 bits per heavy atom. The quantitative estimate of drug-likeness (QED) is 0.496. The second-order valence-corrected chi connectivity index (χ2v) is 9.60. The molecule has 0 spiro atoms. The summed E-state index contributed by atoms with van der Waals surface area (Å²) in [7, 11) is 0. The van der Waals surface area contributed by atoms with Crippen molar-refractivity contribution in [3.63, 3.8) is 0 Å². The largest absolute Gasteiger partial charge is 0.383 e. The summed E-state index contributed by atoms with van der Waals surface area (Å²) in [6.07, 6.45) is -0.858. The SMILES string of the molecule is CC(C)CC(O)C(=O)N[C@H](C(=O)N[C@@H]1C(=O)NCCS[C@@H]1c1ccccc1)C(C)C. The van der Waals surface area contributed by atoms with Crippen molar-refractivity contribution in [2.75, 3.05) is 12.3 Å². The fourth-order valence-corrected chi connectivity index (χ4v) is 4.56. The Kier molecular flexibility index (Phi) is 9.17. The molecule has 2 rings (SSSR count). The van der Waals surface area contributed by atoms with E-state index in [9.17, 15) is 19.5 Å². The summed E-state index contributed by atoms with van der Waals surface area (Å²) in [4.78, 5) is 38.2. The summed E-state index contributed by atoms with van der Waals surface area (Å²) in [5.41, 5.74) is 0.960. The van der Waals surface area contributed by atoms with Crippen LogP contribution in [0, 0.1) is 11.8 Å². The van der Waals surface area contributed by atoms with Crippen molar-refractivity contribution in [1.82, 2.24) is 16.0 Å². The molecule has 166 valence electrons. The molecule has 1 aromatic rings. The molecular weight excluding hydrogens is 402 g/mol. The van der Waals surface area contributed by atoms with E-state index in [1.165, 1.54) is 0 Å². The van der Waals surface area contributed by atoms with Crippen molar-refractivity contribution in [3.8, 4) is 0 Å². The fourth-order valence-electron chi connectivity index (χ4n) is 3.36. The van der Waals surface area contributed by atoms with Gasteiger partial charge in [-0.25, -0.2) is 0 Å². The van der Waals surface area contributed by atoms with Gasteiger partial charge in [-0.1, -0.05) is 58.0 Å². The van der Waals surface area contributed by atoms with E-state index in [2.05, 4.69) is 16.0 Å². The molecule has 30 heavy (non-hydrogen) atoms. The van der Waals surface area contributed by atoms with E-state index in [0.29, 0.717) is 13.0 Å². The zero-order chi connectivity index (χ0) is 22.3. The maximum absolute atomic E-state index is 13.1. The molecule has 8 heteroatoms. The molecule has 1 heterocycles. The highest BCUT2D eigenvalue weighted by molar-refractivity contribution is 7.99. The summed E-state index contributed by atoms with van der Waals surface area (Å²) in [5.74, 6) is -0.567. The van der Waals surface area contributed by atoms with E-state index in [-0.39, 0.29) is 23.0 Å². The first-order valence-electron chi connectivity index (χ1n) is 10.4. The molecular formula is C22H33N3O4S. The number of hydrogen-bond acceptors (Lipinski definition) is 5. The topological polar surface area (TPSA) is 108 Å². The van der Waals surface area contributed by atoms with Crippen LogP contribution in [-0.2, 0) is 14.4 Å². The third kappa shape index (κ3) is 6.74. The number of thioether (sulfide) groups is 1. The average molecular weight is 436 g/mol. The maximum atomic E-state index is 13.1. The number of amides is 3. The molecule has 1 aromatic carbocycles. The first-order chi connectivity index (χ1) is 14.2. The van der Waals surface area contributed by atoms with Gasteiger partial charge in [0.2, 0.25) is 17.7 Å². The molecule has 0 aromatic heterocycles. The highest BCUT2D eigenvalue weighted by Gasteiger charge is 2.36. The number of hydrogen-bond donors (Lipinski definition) is 4. The van der Waals surface area contributed by atoms with Crippen molar-refractivity contribution in [3.05, 3.63) is 35.9 Å². The van der Waals surface area contributed by atoms with Crippen molar-refractivity contribution >= 4 is 29.5 Å². The van der Waals surface area contributed by atoms with Crippen LogP contribution in [0.25, 0.3) is 0 Å². The molecule has 7 nitrogen and oxygen atoms in total. The molecule has 4 N–H and O–H groups in total. The van der Waals surface area contributed by atoms with Crippen LogP contribution in [-0.4, -0.2) is 53.3 Å². The van der Waals surface area contributed by atoms with Crippen molar-refractivity contribution in [2.45, 2.75) is 57.6 Å². The van der Waals surface area contributed by atoms with Crippen LogP contribution in [0.5, 0.6) is 0 Å². The monoisotopic (exact) mass is 435 g/mol. The van der Waals surface area contributed by atoms with E-state index < -0.39 is 30.0 Å². The smallest absolute Gasteiger partial charge is 0.249 e. The van der Waals surface area contributed by atoms with Gasteiger partial charge in [-0.05, 0) is 23.8 Å². The Bertz CT molecular complexity index is 726. The van der Waals surface area contributed by atoms with Gasteiger partial charge in [0.1, 0.15) is 18.2 Å². The van der Waals surface area contributed by atoms with Crippen LogP contribution in [0.4, 0.5) is 0 Å². The zero-order valence-electron chi connectivity index (χ0n) is 18.1. The number of carbonyl (C=O) groups is 3. The Labute approximate surface area is 182 Å². The van der Waals surface area contributed by atoms with Gasteiger partial charge in [0.15, 0.2) is 0 Å². The third-order valence-electron chi connectivity index (χ3n) is 4.95. The number of nitrogens with one attached hydrogen (secondary N) is 3. The standard InChI is InChI=1S/C22H33N3O4S/c1-13(2)12-16(26)20(27)24-17(14(3)4)22(29)25-18-19(15-8-6-5-7-9-15)30-11-10-23-21(18)28/h5-9,13-14,16-19,26H,10-12H2,1-4H3,(H,23,28)(H,24,27)(H,25,29)/t16?,17-,18-,19+/m0/s1. The summed E-state index contributed by atoms with van der Waals surface area (Å²) in [5, 5.41) is 18.2. The van der Waals surface area contributed by atoms with E-state index in [4.69, 9.17) is 0 Å². The Hall–Kier alpha value is -2.06. The lowest BCUT2D eigenvalue weighted by Gasteiger charge is -2.29. The first-order valence-corrected chi connectivity index (χ1v) is 11.5. The predicted octanol–water partition coefficient (Wildman–Crippen LogP) is 1.62. The van der Waals surface area contributed by atoms with E-state index >= 15 is 0 Å². The third-order valence-corrected chi connectivity index (χ3v) is 6.30. The Morgan fingerprint density at radius 2 is 1.83 bits per heavy atom. The number of aliphatic hydroxyl groups excluding tert-OH is 1. The number of rotatable bonds is 8. The lowest BCUT2D eigenvalue weighted by molar-refractivity contribution is -0.136. The van der Waals surface area contributed by atoms with Crippen molar-refractivity contribution < 1.29 is 19.5 Å². The molecule has 0 saturated carbocycles. The van der Waals surface area contributed by atoms with Gasteiger partial charge >= 0.3 is 0 Å². The summed E-state index contributed by atoms with van der Waals surface area (Å²) in [6, 6.07) is 8.00. The molecule has 1 saturated heterocycles. The van der Waals surface area contributed by atoms with Gasteiger partial charge in [-0.3, -0.25) is 14.4 Å². The fraction of sp³-hybridized carbons (Fsp3) is 0.591. The van der Waals surface area contributed by atoms with Gasteiger partial charge in [-0.15, -0.1) is 11.8 Å². The predicted molar refractivity (Wildman–Crippen MR) is 119 cm³/mol. The second-order valence-electron chi connectivity index (χ2n) is 8.35. The minimum Gasteiger partial charge on any atom is -0.383 e. The van der Waals surface area contributed by atoms with Gasteiger partial charge in [-0.2, -0.15) is 0 Å². The summed E-state index contributed by atoms with van der Waals surface area (Å²) in [6.45, 7) is 7.99. The molecule has 0 aliphatic carbocycles. The Morgan fingerprint density at radius 3 is 2.43 bits per heavy atom. The number of carbonyl (C=O) groups excluding carboxylic acids is 3. The van der Waals surface area contributed by atoms with Crippen LogP contribution >= 0.6 is 11.8 Å². The molecule has 1 aliphatic rings. The molecule has 1 fully saturated rings. The first kappa shape index (κ1) is 24.2. The zero-order valence-corrected chi connectivity index (χ0v) is 18.9. The van der Waals surface area contributed by atoms with Gasteiger partial charge in [0.05, 0.1) is 5.25 Å². The van der Waals surface area contributed by atoms with Crippen molar-refractivity contribution in [1.29, 1.82) is 0 Å². The molecule has 1 unspecified atom stereocenters. The van der Waals surface area contributed by atoms with Gasteiger partial charge in [0, 0.05) is 12.3 Å². The summed E-state index contributed by atoms with van der Waals surface area (Å²) < 4.78 is 0. The van der Waals surface area contributed by atoms with Crippen LogP contribution in [0.1, 0.15) is 44.9 Å².